The molecular formula is C75H70BN3O. The molecule has 0 amide bonds. The van der Waals surface area contributed by atoms with Crippen LogP contribution in [0.2, 0.25) is 0 Å². The van der Waals surface area contributed by atoms with E-state index in [9.17, 15) is 0 Å². The van der Waals surface area contributed by atoms with Gasteiger partial charge in [-0.05, 0) is 225 Å². The molecule has 5 heteroatoms. The van der Waals surface area contributed by atoms with Crippen molar-refractivity contribution in [1.82, 2.24) is 0 Å². The van der Waals surface area contributed by atoms with Gasteiger partial charge in [0.1, 0.15) is 11.3 Å². The number of hydrogen-bond donors (Lipinski definition) is 0. The maximum Gasteiger partial charge on any atom is 0.252 e. The van der Waals surface area contributed by atoms with Crippen molar-refractivity contribution in [3.05, 3.63) is 220 Å². The van der Waals surface area contributed by atoms with Gasteiger partial charge in [-0.1, -0.05) is 146 Å². The van der Waals surface area contributed by atoms with E-state index < -0.39 is 0 Å². The number of anilines is 8. The van der Waals surface area contributed by atoms with Gasteiger partial charge < -0.3 is 19.1 Å². The molecule has 9 aromatic rings. The molecule has 0 atom stereocenters. The van der Waals surface area contributed by atoms with E-state index >= 15 is 0 Å². The van der Waals surface area contributed by atoms with Gasteiger partial charge in [0.05, 0.1) is 11.4 Å². The molecule has 394 valence electrons. The summed E-state index contributed by atoms with van der Waals surface area (Å²) in [5.41, 5.74) is 30.2. The van der Waals surface area contributed by atoms with Gasteiger partial charge in [0.25, 0.3) is 6.71 Å². The highest BCUT2D eigenvalue weighted by Crippen LogP contribution is 2.53. The van der Waals surface area contributed by atoms with Crippen LogP contribution in [-0.2, 0) is 38.5 Å². The number of rotatable bonds is 6. The molecule has 4 nitrogen and oxygen atoms in total. The minimum Gasteiger partial charge on any atom is -0.456 e. The summed E-state index contributed by atoms with van der Waals surface area (Å²) in [6.07, 6.45) is 17.3. The van der Waals surface area contributed by atoms with E-state index in [1.54, 1.807) is 5.57 Å². The van der Waals surface area contributed by atoms with Gasteiger partial charge in [0, 0.05) is 56.2 Å². The first-order chi connectivity index (χ1) is 38.5. The zero-order valence-electron chi connectivity index (χ0n) is 47.9. The molecule has 0 spiro atoms. The molecule has 0 fully saturated rings. The van der Waals surface area contributed by atoms with E-state index in [0.29, 0.717) is 0 Å². The highest BCUT2D eigenvalue weighted by atomic mass is 16.3. The Balaban J connectivity index is 0.993. The van der Waals surface area contributed by atoms with Crippen LogP contribution in [0, 0.1) is 21.7 Å². The standard InChI is InChI=1S/C75H70BN3O/c1-72(2)38-49-22-27-58(28-23-50(49)39-72)78-65-33-55-44-74(5,6)42-53(55)31-62(65)76-63-32-54-43-75(7,8)45-56(54)34-66(63)79(59-29-24-51-40-73(3,4)41-52(51)30-59)68-37-60(36-67(78)71(68)76)77(64-18-13-16-46-14-9-11-17-61(46)64)57-25-20-47(21-26-57)70-35-48-15-10-12-19-69(48)80-70/h9-22,24-37H,23,38-45H2,1-8H3. The Labute approximate surface area is 473 Å². The number of para-hydroxylation sites is 1. The fourth-order valence-electron chi connectivity index (χ4n) is 16.1. The predicted octanol–water partition coefficient (Wildman–Crippen LogP) is 17.8. The smallest absolute Gasteiger partial charge is 0.252 e. The quantitative estimate of drug-likeness (QED) is 0.155. The summed E-state index contributed by atoms with van der Waals surface area (Å²) in [4.78, 5) is 7.99. The minimum atomic E-state index is 0.0244. The first-order valence-corrected chi connectivity index (χ1v) is 29.7. The van der Waals surface area contributed by atoms with Gasteiger partial charge in [-0.25, -0.2) is 0 Å². The SMILES string of the molecule is CC1(C)CC2=C(CC=C(N3c4cc5c(cc4B4c6cc7c(cc6N(c6ccc8c(c6)CC(C)(C)C8)c6cc(N(c8ccc(-c9cc%10ccccc%10o9)cc8)c8cccc9ccccc89)cc3c64)CC(C)(C)C7)CC(C)(C)C5)C=C2)C1. The molecule has 80 heavy (non-hydrogen) atoms. The molecule has 0 radical (unpaired) electrons. The summed E-state index contributed by atoms with van der Waals surface area (Å²) in [6.45, 7) is 19.7. The van der Waals surface area contributed by atoms with Gasteiger partial charge in [0.2, 0.25) is 0 Å². The zero-order chi connectivity index (χ0) is 54.2. The molecule has 5 aliphatic carbocycles. The summed E-state index contributed by atoms with van der Waals surface area (Å²) in [5.74, 6) is 0.874. The lowest BCUT2D eigenvalue weighted by Gasteiger charge is -2.45. The Morgan fingerprint density at radius 3 is 1.75 bits per heavy atom. The predicted molar refractivity (Wildman–Crippen MR) is 337 cm³/mol. The summed E-state index contributed by atoms with van der Waals surface area (Å²) in [5, 5.41) is 3.53. The molecule has 0 bridgehead atoms. The van der Waals surface area contributed by atoms with Gasteiger partial charge in [-0.3, -0.25) is 0 Å². The lowest BCUT2D eigenvalue weighted by atomic mass is 9.33. The van der Waals surface area contributed by atoms with Crippen LogP contribution in [0.3, 0.4) is 0 Å². The van der Waals surface area contributed by atoms with Crippen molar-refractivity contribution < 1.29 is 4.42 Å². The first-order valence-electron chi connectivity index (χ1n) is 29.7. The van der Waals surface area contributed by atoms with Crippen LogP contribution in [-0.4, -0.2) is 6.71 Å². The Morgan fingerprint density at radius 2 is 1.05 bits per heavy atom. The molecule has 0 saturated heterocycles. The van der Waals surface area contributed by atoms with Crippen molar-refractivity contribution in [3.8, 4) is 11.3 Å². The van der Waals surface area contributed by atoms with Gasteiger partial charge in [-0.2, -0.15) is 0 Å². The monoisotopic (exact) mass is 1040 g/mol. The van der Waals surface area contributed by atoms with Crippen LogP contribution in [0.1, 0.15) is 108 Å². The molecule has 7 aliphatic rings. The van der Waals surface area contributed by atoms with Crippen molar-refractivity contribution in [2.75, 3.05) is 14.7 Å². The third kappa shape index (κ3) is 7.69. The molecule has 8 aromatic carbocycles. The van der Waals surface area contributed by atoms with E-state index in [-0.39, 0.29) is 28.4 Å². The second-order valence-corrected chi connectivity index (χ2v) is 28.2. The molecule has 0 unspecified atom stereocenters. The maximum absolute atomic E-state index is 6.49. The highest BCUT2D eigenvalue weighted by molar-refractivity contribution is 7.00. The van der Waals surface area contributed by atoms with E-state index in [2.05, 4.69) is 234 Å². The fourth-order valence-corrected chi connectivity index (χ4v) is 16.1. The molecule has 3 heterocycles. The second-order valence-electron chi connectivity index (χ2n) is 28.2. The molecule has 0 N–H and O–H groups in total. The molecule has 1 aromatic heterocycles. The fraction of sp³-hybridized carbons (Fsp3) is 0.280. The maximum atomic E-state index is 6.49. The van der Waals surface area contributed by atoms with Gasteiger partial charge >= 0.3 is 0 Å². The number of benzene rings is 8. The number of allylic oxidation sites excluding steroid dienone is 5. The van der Waals surface area contributed by atoms with E-state index in [1.807, 2.05) is 6.07 Å². The Morgan fingerprint density at radius 1 is 0.463 bits per heavy atom. The average molecular weight is 1040 g/mol. The van der Waals surface area contributed by atoms with Crippen molar-refractivity contribution in [1.29, 1.82) is 0 Å². The molecule has 2 aliphatic heterocycles. The molecule has 0 saturated carbocycles. The largest absolute Gasteiger partial charge is 0.456 e. The topological polar surface area (TPSA) is 22.9 Å². The highest BCUT2D eigenvalue weighted by Gasteiger charge is 2.47. The Hall–Kier alpha value is -7.76. The lowest BCUT2D eigenvalue weighted by Crippen LogP contribution is -2.62. The summed E-state index contributed by atoms with van der Waals surface area (Å²) < 4.78 is 6.49. The Kier molecular flexibility index (Phi) is 10.2. The average Bonchev–Trinajstić information content (AvgIpc) is 4.17. The molecule has 16 rings (SSSR count). The summed E-state index contributed by atoms with van der Waals surface area (Å²) in [6, 6.07) is 58.6. The number of furan rings is 1. The van der Waals surface area contributed by atoms with Crippen molar-refractivity contribution in [2.45, 2.75) is 113 Å². The van der Waals surface area contributed by atoms with E-state index in [1.165, 1.54) is 100 Å². The van der Waals surface area contributed by atoms with Crippen LogP contribution in [0.5, 0.6) is 0 Å². The zero-order valence-corrected chi connectivity index (χ0v) is 47.9. The van der Waals surface area contributed by atoms with Crippen molar-refractivity contribution in [2.24, 2.45) is 21.7 Å². The van der Waals surface area contributed by atoms with E-state index in [0.717, 1.165) is 97.1 Å². The first kappa shape index (κ1) is 48.2. The number of nitrogens with zero attached hydrogens (tertiary/aromatic N) is 3. The third-order valence-corrected chi connectivity index (χ3v) is 19.3. The number of fused-ring (bicyclic) bond motifs is 9. The van der Waals surface area contributed by atoms with Crippen LogP contribution < -0.4 is 31.1 Å². The second kappa shape index (κ2) is 16.9. The van der Waals surface area contributed by atoms with Gasteiger partial charge in [0.15, 0.2) is 0 Å². The van der Waals surface area contributed by atoms with Crippen molar-refractivity contribution >= 4 is 90.3 Å². The molecular weight excluding hydrogens is 970 g/mol. The lowest BCUT2D eigenvalue weighted by molar-refractivity contribution is 0.389. The summed E-state index contributed by atoms with van der Waals surface area (Å²) in [7, 11) is 0. The Bertz CT molecular complexity index is 4210. The van der Waals surface area contributed by atoms with Crippen molar-refractivity contribution in [3.63, 3.8) is 0 Å². The normalized spacial score (nSPS) is 19.1. The van der Waals surface area contributed by atoms with Crippen LogP contribution in [0.25, 0.3) is 33.1 Å². The number of hydrogen-bond acceptors (Lipinski definition) is 4. The van der Waals surface area contributed by atoms with Gasteiger partial charge in [-0.15, -0.1) is 0 Å². The third-order valence-electron chi connectivity index (χ3n) is 19.3. The van der Waals surface area contributed by atoms with Crippen LogP contribution in [0.4, 0.5) is 45.5 Å². The van der Waals surface area contributed by atoms with Crippen LogP contribution in [0.15, 0.2) is 191 Å². The van der Waals surface area contributed by atoms with E-state index in [4.69, 9.17) is 4.42 Å². The van der Waals surface area contributed by atoms with Crippen LogP contribution >= 0.6 is 0 Å². The minimum absolute atomic E-state index is 0.0244. The summed E-state index contributed by atoms with van der Waals surface area (Å²) >= 11 is 0.